The topological polar surface area (TPSA) is 29.1 Å². The summed E-state index contributed by atoms with van der Waals surface area (Å²) >= 11 is 6.85. The summed E-state index contributed by atoms with van der Waals surface area (Å²) in [5.41, 5.74) is 3.11. The first-order valence-corrected chi connectivity index (χ1v) is 8.01. The van der Waals surface area contributed by atoms with E-state index < -0.39 is 0 Å². The van der Waals surface area contributed by atoms with Gasteiger partial charge in [-0.1, -0.05) is 61.7 Å². The minimum Gasteiger partial charge on any atom is -0.325 e. The summed E-state index contributed by atoms with van der Waals surface area (Å²) in [5.74, 6) is -0.0308. The zero-order valence-corrected chi connectivity index (χ0v) is 14.2. The van der Waals surface area contributed by atoms with Crippen molar-refractivity contribution in [2.24, 2.45) is 0 Å². The molecule has 0 spiro atoms. The van der Waals surface area contributed by atoms with E-state index in [2.05, 4.69) is 37.2 Å². The van der Waals surface area contributed by atoms with Crippen molar-refractivity contribution in [2.75, 3.05) is 5.32 Å². The molecule has 0 bridgehead atoms. The summed E-state index contributed by atoms with van der Waals surface area (Å²) in [4.78, 5) is 11.9. The number of carbonyl (C=O) groups is 1. The van der Waals surface area contributed by atoms with Crippen LogP contribution in [-0.4, -0.2) is 10.7 Å². The van der Waals surface area contributed by atoms with E-state index in [1.54, 1.807) is 0 Å². The van der Waals surface area contributed by atoms with Crippen molar-refractivity contribution in [3.8, 4) is 0 Å². The third-order valence-corrected chi connectivity index (χ3v) is 4.20. The lowest BCUT2D eigenvalue weighted by Gasteiger charge is -2.11. The average Bonchev–Trinajstić information content (AvgIpc) is 2.44. The maximum absolute atomic E-state index is 12.1. The minimum absolute atomic E-state index is 0.0308. The number of carbonyl (C=O) groups excluding carboxylic acids is 1. The molecule has 0 aromatic heterocycles. The van der Waals surface area contributed by atoms with Crippen molar-refractivity contribution in [3.63, 3.8) is 0 Å². The molecule has 0 fully saturated rings. The number of hydrogen-bond donors (Lipinski definition) is 1. The molecule has 0 saturated carbocycles. The van der Waals surface area contributed by atoms with Gasteiger partial charge >= 0.3 is 0 Å². The number of nitrogens with one attached hydrogen (secondary N) is 1. The van der Waals surface area contributed by atoms with Gasteiger partial charge in [0.05, 0.1) is 4.83 Å². The van der Waals surface area contributed by atoms with Crippen molar-refractivity contribution in [1.29, 1.82) is 0 Å². The lowest BCUT2D eigenvalue weighted by molar-refractivity contribution is -0.115. The number of rotatable bonds is 4. The van der Waals surface area contributed by atoms with E-state index >= 15 is 0 Å². The Hall–Kier alpha value is -1.13. The van der Waals surface area contributed by atoms with Gasteiger partial charge < -0.3 is 5.32 Å². The van der Waals surface area contributed by atoms with E-state index in [1.807, 2.05) is 55.5 Å². The first kappa shape index (κ1) is 15.3. The van der Waals surface area contributed by atoms with Crippen LogP contribution in [0.15, 0.2) is 53.0 Å². The molecule has 104 valence electrons. The molecule has 2 nitrogen and oxygen atoms in total. The Kier molecular flexibility index (Phi) is 5.38. The maximum Gasteiger partial charge on any atom is 0.238 e. The quantitative estimate of drug-likeness (QED) is 0.745. The third-order valence-electron chi connectivity index (χ3n) is 2.93. The molecule has 0 saturated heterocycles. The third kappa shape index (κ3) is 4.46. The Morgan fingerprint density at radius 3 is 2.30 bits per heavy atom. The Morgan fingerprint density at radius 1 is 1.10 bits per heavy atom. The average molecular weight is 397 g/mol. The normalized spacial score (nSPS) is 11.9. The molecule has 2 rings (SSSR count). The molecule has 0 unspecified atom stereocenters. The van der Waals surface area contributed by atoms with Gasteiger partial charge in [-0.15, -0.1) is 0 Å². The molecular formula is C16H15Br2NO. The fourth-order valence-corrected chi connectivity index (χ4v) is 2.53. The van der Waals surface area contributed by atoms with Gasteiger partial charge in [-0.25, -0.2) is 0 Å². The first-order chi connectivity index (χ1) is 9.54. The van der Waals surface area contributed by atoms with Gasteiger partial charge in [-0.2, -0.15) is 0 Å². The van der Waals surface area contributed by atoms with Gasteiger partial charge in [0.25, 0.3) is 0 Å². The van der Waals surface area contributed by atoms with Gasteiger partial charge in [-0.05, 0) is 43.2 Å². The predicted molar refractivity (Wildman–Crippen MR) is 90.4 cm³/mol. The highest BCUT2D eigenvalue weighted by Gasteiger charge is 2.15. The fraction of sp³-hybridized carbons (Fsp3) is 0.188. The van der Waals surface area contributed by atoms with Crippen LogP contribution in [0.25, 0.3) is 0 Å². The Balaban J connectivity index is 1.94. The highest BCUT2D eigenvalue weighted by molar-refractivity contribution is 9.10. The Bertz CT molecular complexity index is 578. The zero-order valence-electron chi connectivity index (χ0n) is 11.1. The molecular weight excluding hydrogens is 382 g/mol. The van der Waals surface area contributed by atoms with E-state index in [0.29, 0.717) is 6.42 Å². The van der Waals surface area contributed by atoms with E-state index in [9.17, 15) is 4.79 Å². The first-order valence-electron chi connectivity index (χ1n) is 6.30. The van der Waals surface area contributed by atoms with Crippen LogP contribution >= 0.6 is 31.9 Å². The Labute approximate surface area is 135 Å². The molecule has 20 heavy (non-hydrogen) atoms. The van der Waals surface area contributed by atoms with Gasteiger partial charge in [-0.3, -0.25) is 4.79 Å². The summed E-state index contributed by atoms with van der Waals surface area (Å²) in [6, 6.07) is 15.8. The van der Waals surface area contributed by atoms with Crippen LogP contribution in [0.2, 0.25) is 0 Å². The van der Waals surface area contributed by atoms with Crippen LogP contribution in [0, 0.1) is 6.92 Å². The van der Waals surface area contributed by atoms with Gasteiger partial charge in [0.15, 0.2) is 0 Å². The van der Waals surface area contributed by atoms with E-state index in [0.717, 1.165) is 15.7 Å². The number of halogens is 2. The van der Waals surface area contributed by atoms with Crippen LogP contribution in [0.1, 0.15) is 11.1 Å². The van der Waals surface area contributed by atoms with E-state index in [1.165, 1.54) is 5.56 Å². The second-order valence-electron chi connectivity index (χ2n) is 4.65. The predicted octanol–water partition coefficient (Wildman–Crippen LogP) is 4.70. The van der Waals surface area contributed by atoms with Crippen LogP contribution in [0.5, 0.6) is 0 Å². The molecule has 0 aliphatic rings. The summed E-state index contributed by atoms with van der Waals surface area (Å²) in [6.45, 7) is 2.02. The van der Waals surface area contributed by atoms with Crippen LogP contribution < -0.4 is 5.32 Å². The molecule has 1 N–H and O–H groups in total. The van der Waals surface area contributed by atoms with Crippen LogP contribution in [0.4, 0.5) is 5.69 Å². The molecule has 0 radical (unpaired) electrons. The largest absolute Gasteiger partial charge is 0.325 e. The minimum atomic E-state index is -0.245. The zero-order chi connectivity index (χ0) is 14.5. The van der Waals surface area contributed by atoms with Gasteiger partial charge in [0.1, 0.15) is 0 Å². The number of alkyl halides is 1. The molecule has 1 amide bonds. The SMILES string of the molecule is Cc1ccc(NC(=O)[C@H](Br)Cc2ccc(Br)cc2)cc1. The van der Waals surface area contributed by atoms with Crippen molar-refractivity contribution in [1.82, 2.24) is 0 Å². The molecule has 2 aromatic carbocycles. The fourth-order valence-electron chi connectivity index (χ4n) is 1.78. The second kappa shape index (κ2) is 7.04. The molecule has 2 aromatic rings. The monoisotopic (exact) mass is 395 g/mol. The van der Waals surface area contributed by atoms with Crippen molar-refractivity contribution in [2.45, 2.75) is 18.2 Å². The highest BCUT2D eigenvalue weighted by atomic mass is 79.9. The Morgan fingerprint density at radius 2 is 1.70 bits per heavy atom. The van der Waals surface area contributed by atoms with E-state index in [4.69, 9.17) is 0 Å². The molecule has 1 atom stereocenters. The lowest BCUT2D eigenvalue weighted by Crippen LogP contribution is -2.24. The summed E-state index contributed by atoms with van der Waals surface area (Å²) in [7, 11) is 0. The lowest BCUT2D eigenvalue weighted by atomic mass is 10.1. The van der Waals surface area contributed by atoms with Crippen molar-refractivity contribution in [3.05, 3.63) is 64.1 Å². The van der Waals surface area contributed by atoms with Crippen molar-refractivity contribution < 1.29 is 4.79 Å². The van der Waals surface area contributed by atoms with Gasteiger partial charge in [0, 0.05) is 10.2 Å². The number of benzene rings is 2. The standard InChI is InChI=1S/C16H15Br2NO/c1-11-2-8-14(9-3-11)19-16(20)15(18)10-12-4-6-13(17)7-5-12/h2-9,15H,10H2,1H3,(H,19,20)/t15-/m1/s1. The molecule has 0 heterocycles. The van der Waals surface area contributed by atoms with E-state index in [-0.39, 0.29) is 10.7 Å². The second-order valence-corrected chi connectivity index (χ2v) is 6.67. The number of hydrogen-bond acceptors (Lipinski definition) is 1. The molecule has 4 heteroatoms. The summed E-state index contributed by atoms with van der Waals surface area (Å²) < 4.78 is 1.04. The van der Waals surface area contributed by atoms with Gasteiger partial charge in [0.2, 0.25) is 5.91 Å². The maximum atomic E-state index is 12.1. The number of amides is 1. The summed E-state index contributed by atoms with van der Waals surface area (Å²) in [6.07, 6.45) is 0.658. The number of anilines is 1. The summed E-state index contributed by atoms with van der Waals surface area (Å²) in [5, 5.41) is 2.91. The smallest absolute Gasteiger partial charge is 0.238 e. The highest BCUT2D eigenvalue weighted by Crippen LogP contribution is 2.16. The van der Waals surface area contributed by atoms with Crippen molar-refractivity contribution >= 4 is 43.5 Å². The number of aryl methyl sites for hydroxylation is 1. The molecule has 0 aliphatic carbocycles. The van der Waals surface area contributed by atoms with Crippen LogP contribution in [0.3, 0.4) is 0 Å². The molecule has 0 aliphatic heterocycles. The van der Waals surface area contributed by atoms with Crippen LogP contribution in [-0.2, 0) is 11.2 Å².